The zero-order valence-electron chi connectivity index (χ0n) is 23.7. The van der Waals surface area contributed by atoms with Crippen molar-refractivity contribution in [3.8, 4) is 0 Å². The number of likely N-dealkylation sites (tertiary alicyclic amines) is 2. The summed E-state index contributed by atoms with van der Waals surface area (Å²) in [5.41, 5.74) is 3.49. The maximum atomic E-state index is 14.9. The standard InChI is InChI=1S/C30H37ClF2N6O/c1-18-12-23(19(2)39-35-17-34-36-39)24(14-27(18)31)20-8-10-37(11-9-20)29(40)26-16-38(30(3,4)5)15-25(26)22-7-6-21(32)13-28(22)33/h6-7,12-14,17,19-20,25-26H,8-11,15-16H2,1-5H3/t19-,25-,26?/m0/s1. The van der Waals surface area contributed by atoms with Gasteiger partial charge in [0.2, 0.25) is 5.91 Å². The van der Waals surface area contributed by atoms with Crippen LogP contribution in [-0.2, 0) is 4.79 Å². The lowest BCUT2D eigenvalue weighted by Gasteiger charge is -2.36. The zero-order valence-corrected chi connectivity index (χ0v) is 24.5. The van der Waals surface area contributed by atoms with Gasteiger partial charge < -0.3 is 4.90 Å². The third-order valence-electron chi connectivity index (χ3n) is 8.72. The summed E-state index contributed by atoms with van der Waals surface area (Å²) >= 11 is 6.57. The number of aryl methyl sites for hydroxylation is 1. The van der Waals surface area contributed by atoms with Gasteiger partial charge in [0.05, 0.1) is 12.0 Å². The topological polar surface area (TPSA) is 67.2 Å². The molecule has 0 spiro atoms. The number of tetrazole rings is 1. The number of benzene rings is 2. The number of hydrogen-bond donors (Lipinski definition) is 0. The van der Waals surface area contributed by atoms with Crippen LogP contribution in [0.1, 0.15) is 80.7 Å². The van der Waals surface area contributed by atoms with Crippen LogP contribution in [0.4, 0.5) is 8.78 Å². The Bertz CT molecular complexity index is 1370. The fraction of sp³-hybridized carbons (Fsp3) is 0.533. The monoisotopic (exact) mass is 570 g/mol. The molecule has 1 amide bonds. The van der Waals surface area contributed by atoms with Gasteiger partial charge in [0, 0.05) is 48.7 Å². The van der Waals surface area contributed by atoms with Crippen molar-refractivity contribution >= 4 is 17.5 Å². The number of piperidine rings is 1. The SMILES string of the molecule is Cc1cc([C@H](C)n2ncnn2)c(C2CCN(C(=O)C3CN(C(C)(C)C)C[C@H]3c3ccc(F)cc3F)CC2)cc1Cl. The molecule has 1 unspecified atom stereocenters. The molecule has 2 fully saturated rings. The number of nitrogens with zero attached hydrogens (tertiary/aromatic N) is 6. The molecular weight excluding hydrogens is 534 g/mol. The normalized spacial score (nSPS) is 21.6. The van der Waals surface area contributed by atoms with Gasteiger partial charge in [-0.15, -0.1) is 10.2 Å². The van der Waals surface area contributed by atoms with Crippen molar-refractivity contribution in [1.82, 2.24) is 30.0 Å². The van der Waals surface area contributed by atoms with Gasteiger partial charge >= 0.3 is 0 Å². The van der Waals surface area contributed by atoms with Crippen LogP contribution in [0, 0.1) is 24.5 Å². The average molecular weight is 571 g/mol. The van der Waals surface area contributed by atoms with E-state index in [1.54, 1.807) is 4.80 Å². The van der Waals surface area contributed by atoms with Crippen molar-refractivity contribution in [2.75, 3.05) is 26.2 Å². The van der Waals surface area contributed by atoms with Crippen molar-refractivity contribution < 1.29 is 13.6 Å². The summed E-state index contributed by atoms with van der Waals surface area (Å²) in [4.78, 5) is 19.7. The Hall–Kier alpha value is -2.91. The molecule has 10 heteroatoms. The summed E-state index contributed by atoms with van der Waals surface area (Å²) in [6, 6.07) is 7.74. The van der Waals surface area contributed by atoms with Crippen LogP contribution in [0.15, 0.2) is 36.7 Å². The van der Waals surface area contributed by atoms with Crippen LogP contribution in [0.2, 0.25) is 5.02 Å². The third kappa shape index (κ3) is 5.63. The van der Waals surface area contributed by atoms with Gasteiger partial charge in [-0.2, -0.15) is 4.80 Å². The molecule has 3 heterocycles. The Morgan fingerprint density at radius 1 is 1.07 bits per heavy atom. The maximum absolute atomic E-state index is 14.9. The lowest BCUT2D eigenvalue weighted by atomic mass is 9.83. The minimum Gasteiger partial charge on any atom is -0.342 e. The summed E-state index contributed by atoms with van der Waals surface area (Å²) in [6.07, 6.45) is 3.01. The summed E-state index contributed by atoms with van der Waals surface area (Å²) < 4.78 is 28.6. The fourth-order valence-corrected chi connectivity index (χ4v) is 6.45. The minimum atomic E-state index is -0.610. The van der Waals surface area contributed by atoms with E-state index in [1.807, 2.05) is 24.8 Å². The van der Waals surface area contributed by atoms with E-state index in [0.717, 1.165) is 35.6 Å². The predicted molar refractivity (Wildman–Crippen MR) is 150 cm³/mol. The lowest BCUT2D eigenvalue weighted by Crippen LogP contribution is -2.44. The Labute approximate surface area is 239 Å². The van der Waals surface area contributed by atoms with E-state index in [2.05, 4.69) is 47.1 Å². The molecule has 0 aliphatic carbocycles. The molecule has 7 nitrogen and oxygen atoms in total. The number of carbonyl (C=O) groups is 1. The second-order valence-corrected chi connectivity index (χ2v) is 12.6. The van der Waals surface area contributed by atoms with Crippen LogP contribution in [0.25, 0.3) is 0 Å². The molecule has 0 bridgehead atoms. The zero-order chi connectivity index (χ0) is 28.8. The Kier molecular flexibility index (Phi) is 7.99. The van der Waals surface area contributed by atoms with Gasteiger partial charge in [0.25, 0.3) is 0 Å². The van der Waals surface area contributed by atoms with Crippen LogP contribution in [-0.4, -0.2) is 67.6 Å². The Morgan fingerprint density at radius 3 is 2.42 bits per heavy atom. The number of halogens is 3. The molecular formula is C30H37ClF2N6O. The largest absolute Gasteiger partial charge is 0.342 e. The van der Waals surface area contributed by atoms with E-state index >= 15 is 0 Å². The molecule has 214 valence electrons. The van der Waals surface area contributed by atoms with Gasteiger partial charge in [-0.25, -0.2) is 8.78 Å². The molecule has 5 rings (SSSR count). The van der Waals surface area contributed by atoms with Crippen molar-refractivity contribution in [3.05, 3.63) is 75.6 Å². The smallest absolute Gasteiger partial charge is 0.227 e. The third-order valence-corrected chi connectivity index (χ3v) is 9.13. The molecule has 40 heavy (non-hydrogen) atoms. The number of hydrogen-bond acceptors (Lipinski definition) is 5. The maximum Gasteiger partial charge on any atom is 0.227 e. The molecule has 0 radical (unpaired) electrons. The summed E-state index contributed by atoms with van der Waals surface area (Å²) in [6.45, 7) is 12.6. The van der Waals surface area contributed by atoms with Crippen molar-refractivity contribution in [2.45, 2.75) is 70.9 Å². The van der Waals surface area contributed by atoms with Crippen LogP contribution >= 0.6 is 11.6 Å². The van der Waals surface area contributed by atoms with E-state index in [1.165, 1.54) is 18.5 Å². The first-order chi connectivity index (χ1) is 18.9. The van der Waals surface area contributed by atoms with Gasteiger partial charge in [0.1, 0.15) is 11.6 Å². The molecule has 2 aliphatic heterocycles. The number of carbonyl (C=O) groups excluding carboxylic acids is 1. The van der Waals surface area contributed by atoms with Gasteiger partial charge in [0.15, 0.2) is 6.33 Å². The molecule has 2 aliphatic rings. The van der Waals surface area contributed by atoms with Crippen LogP contribution < -0.4 is 0 Å². The molecule has 2 saturated heterocycles. The van der Waals surface area contributed by atoms with Crippen molar-refractivity contribution in [3.63, 3.8) is 0 Å². The molecule has 3 aromatic rings. The molecule has 0 saturated carbocycles. The van der Waals surface area contributed by atoms with Gasteiger partial charge in [-0.1, -0.05) is 23.7 Å². The Balaban J connectivity index is 1.35. The summed E-state index contributed by atoms with van der Waals surface area (Å²) in [5.74, 6) is -1.65. The highest BCUT2D eigenvalue weighted by Crippen LogP contribution is 2.41. The molecule has 2 aromatic carbocycles. The van der Waals surface area contributed by atoms with Gasteiger partial charge in [-0.05, 0) is 93.0 Å². The van der Waals surface area contributed by atoms with Crippen molar-refractivity contribution in [2.24, 2.45) is 5.92 Å². The Morgan fingerprint density at radius 2 is 1.80 bits per heavy atom. The van der Waals surface area contributed by atoms with E-state index in [4.69, 9.17) is 11.6 Å². The first-order valence-corrected chi connectivity index (χ1v) is 14.3. The second kappa shape index (κ2) is 11.2. The number of aromatic nitrogens is 4. The summed E-state index contributed by atoms with van der Waals surface area (Å²) in [5, 5.41) is 12.9. The quantitative estimate of drug-likeness (QED) is 0.391. The highest BCUT2D eigenvalue weighted by Gasteiger charge is 2.45. The first kappa shape index (κ1) is 28.6. The minimum absolute atomic E-state index is 0.0428. The van der Waals surface area contributed by atoms with E-state index < -0.39 is 17.6 Å². The highest BCUT2D eigenvalue weighted by molar-refractivity contribution is 6.31. The van der Waals surface area contributed by atoms with E-state index in [9.17, 15) is 13.6 Å². The molecule has 0 N–H and O–H groups in total. The number of amides is 1. The predicted octanol–water partition coefficient (Wildman–Crippen LogP) is 5.74. The summed E-state index contributed by atoms with van der Waals surface area (Å²) in [7, 11) is 0. The average Bonchev–Trinajstić information content (AvgIpc) is 3.60. The first-order valence-electron chi connectivity index (χ1n) is 13.9. The van der Waals surface area contributed by atoms with E-state index in [0.29, 0.717) is 36.8 Å². The lowest BCUT2D eigenvalue weighted by molar-refractivity contribution is -0.136. The van der Waals surface area contributed by atoms with Gasteiger partial charge in [-0.3, -0.25) is 9.69 Å². The number of rotatable bonds is 5. The fourth-order valence-electron chi connectivity index (χ4n) is 6.28. The van der Waals surface area contributed by atoms with Crippen molar-refractivity contribution in [1.29, 1.82) is 0 Å². The molecule has 3 atom stereocenters. The van der Waals surface area contributed by atoms with E-state index in [-0.39, 0.29) is 29.3 Å². The molecule has 1 aromatic heterocycles. The van der Waals surface area contributed by atoms with Crippen LogP contribution in [0.5, 0.6) is 0 Å². The van der Waals surface area contributed by atoms with Crippen LogP contribution in [0.3, 0.4) is 0 Å². The highest BCUT2D eigenvalue weighted by atomic mass is 35.5. The second-order valence-electron chi connectivity index (χ2n) is 12.2.